The smallest absolute Gasteiger partial charge is 0.243 e. The van der Waals surface area contributed by atoms with Crippen molar-refractivity contribution in [3.8, 4) is 0 Å². The molecule has 29 heavy (non-hydrogen) atoms. The van der Waals surface area contributed by atoms with E-state index in [1.807, 2.05) is 30.3 Å². The summed E-state index contributed by atoms with van der Waals surface area (Å²) in [5, 5.41) is 2.84. The largest absolute Gasteiger partial charge is 0.326 e. The summed E-state index contributed by atoms with van der Waals surface area (Å²) in [6.07, 6.45) is 4.64. The van der Waals surface area contributed by atoms with Crippen molar-refractivity contribution in [1.29, 1.82) is 0 Å². The van der Waals surface area contributed by atoms with Crippen LogP contribution in [0.15, 0.2) is 59.5 Å². The normalized spacial score (nSPS) is 11.6. The van der Waals surface area contributed by atoms with E-state index in [2.05, 4.69) is 19.2 Å². The number of aryl methyl sites for hydroxylation is 1. The Balaban J connectivity index is 1.98. The number of rotatable bonds is 12. The van der Waals surface area contributed by atoms with Gasteiger partial charge in [0.25, 0.3) is 0 Å². The molecule has 2 aromatic rings. The van der Waals surface area contributed by atoms with Crippen molar-refractivity contribution < 1.29 is 13.2 Å². The number of benzene rings is 2. The second-order valence-corrected chi connectivity index (χ2v) is 9.11. The third kappa shape index (κ3) is 7.29. The molecule has 1 amide bonds. The number of unbranched alkanes of at least 4 members (excludes halogenated alkanes) is 2. The summed E-state index contributed by atoms with van der Waals surface area (Å²) in [5.74, 6) is -0.0861. The molecule has 0 aromatic heterocycles. The molecule has 0 aliphatic rings. The molecule has 0 spiro atoms. The number of nitrogens with zero attached hydrogens (tertiary/aromatic N) is 1. The van der Waals surface area contributed by atoms with Gasteiger partial charge in [-0.3, -0.25) is 4.79 Å². The van der Waals surface area contributed by atoms with Gasteiger partial charge in [0.1, 0.15) is 0 Å². The SMILES string of the molecule is CCCCN(CCCC)S(=O)(=O)c1ccc(NC(=O)CCc2ccccc2)cc1. The second kappa shape index (κ2) is 11.7. The molecule has 0 heterocycles. The van der Waals surface area contributed by atoms with E-state index in [0.717, 1.165) is 31.2 Å². The fourth-order valence-corrected chi connectivity index (χ4v) is 4.52. The summed E-state index contributed by atoms with van der Waals surface area (Å²) in [4.78, 5) is 12.4. The highest BCUT2D eigenvalue weighted by Gasteiger charge is 2.23. The predicted molar refractivity (Wildman–Crippen MR) is 118 cm³/mol. The maximum Gasteiger partial charge on any atom is 0.243 e. The molecule has 5 nitrogen and oxygen atoms in total. The van der Waals surface area contributed by atoms with E-state index < -0.39 is 10.0 Å². The molecular formula is C23H32N2O3S. The van der Waals surface area contributed by atoms with Crippen LogP contribution >= 0.6 is 0 Å². The molecule has 6 heteroatoms. The van der Waals surface area contributed by atoms with Gasteiger partial charge < -0.3 is 5.32 Å². The number of carbonyl (C=O) groups excluding carboxylic acids is 1. The Morgan fingerprint density at radius 2 is 1.48 bits per heavy atom. The Morgan fingerprint density at radius 1 is 0.897 bits per heavy atom. The highest BCUT2D eigenvalue weighted by Crippen LogP contribution is 2.20. The first-order valence-corrected chi connectivity index (χ1v) is 11.9. The van der Waals surface area contributed by atoms with E-state index in [4.69, 9.17) is 0 Å². The topological polar surface area (TPSA) is 66.5 Å². The fourth-order valence-electron chi connectivity index (χ4n) is 3.01. The van der Waals surface area contributed by atoms with Gasteiger partial charge in [-0.15, -0.1) is 0 Å². The monoisotopic (exact) mass is 416 g/mol. The molecule has 0 aliphatic carbocycles. The first kappa shape index (κ1) is 23.1. The summed E-state index contributed by atoms with van der Waals surface area (Å²) < 4.78 is 27.5. The minimum atomic E-state index is -3.52. The Hall–Kier alpha value is -2.18. The lowest BCUT2D eigenvalue weighted by atomic mass is 10.1. The van der Waals surface area contributed by atoms with E-state index >= 15 is 0 Å². The van der Waals surface area contributed by atoms with Crippen LogP contribution in [0, 0.1) is 0 Å². The molecule has 0 bridgehead atoms. The molecule has 0 atom stereocenters. The van der Waals surface area contributed by atoms with Crippen molar-refractivity contribution in [2.45, 2.75) is 57.3 Å². The van der Waals surface area contributed by atoms with E-state index in [1.165, 1.54) is 0 Å². The van der Waals surface area contributed by atoms with E-state index in [9.17, 15) is 13.2 Å². The van der Waals surface area contributed by atoms with Crippen LogP contribution in [-0.4, -0.2) is 31.7 Å². The van der Waals surface area contributed by atoms with Gasteiger partial charge >= 0.3 is 0 Å². The van der Waals surface area contributed by atoms with Gasteiger partial charge in [-0.2, -0.15) is 4.31 Å². The number of hydrogen-bond donors (Lipinski definition) is 1. The van der Waals surface area contributed by atoms with Gasteiger partial charge in [-0.1, -0.05) is 57.0 Å². The van der Waals surface area contributed by atoms with Gasteiger partial charge in [-0.25, -0.2) is 8.42 Å². The van der Waals surface area contributed by atoms with Crippen LogP contribution in [0.3, 0.4) is 0 Å². The van der Waals surface area contributed by atoms with Crippen molar-refractivity contribution in [3.05, 3.63) is 60.2 Å². The number of anilines is 1. The molecule has 0 radical (unpaired) electrons. The minimum Gasteiger partial charge on any atom is -0.326 e. The molecule has 1 N–H and O–H groups in total. The number of nitrogens with one attached hydrogen (secondary N) is 1. The second-order valence-electron chi connectivity index (χ2n) is 7.17. The van der Waals surface area contributed by atoms with Crippen LogP contribution in [0.1, 0.15) is 51.5 Å². The molecule has 158 valence electrons. The maximum absolute atomic E-state index is 13.0. The first-order valence-electron chi connectivity index (χ1n) is 10.4. The molecule has 0 unspecified atom stereocenters. The van der Waals surface area contributed by atoms with Crippen molar-refractivity contribution >= 4 is 21.6 Å². The number of sulfonamides is 1. The summed E-state index contributed by atoms with van der Waals surface area (Å²) in [7, 11) is -3.52. The number of hydrogen-bond acceptors (Lipinski definition) is 3. The van der Waals surface area contributed by atoms with Gasteiger partial charge in [-0.05, 0) is 49.1 Å². The molecular weight excluding hydrogens is 384 g/mol. The zero-order valence-corrected chi connectivity index (χ0v) is 18.2. The third-order valence-electron chi connectivity index (χ3n) is 4.78. The minimum absolute atomic E-state index is 0.0861. The molecule has 2 aromatic carbocycles. The average molecular weight is 417 g/mol. The van der Waals surface area contributed by atoms with Gasteiger partial charge in [0.15, 0.2) is 0 Å². The van der Waals surface area contributed by atoms with Crippen molar-refractivity contribution in [1.82, 2.24) is 4.31 Å². The van der Waals surface area contributed by atoms with E-state index in [0.29, 0.717) is 31.6 Å². The number of carbonyl (C=O) groups is 1. The lowest BCUT2D eigenvalue weighted by Gasteiger charge is -2.22. The Labute approximate surface area is 175 Å². The highest BCUT2D eigenvalue weighted by molar-refractivity contribution is 7.89. The summed E-state index contributed by atoms with van der Waals surface area (Å²) in [5.41, 5.74) is 1.72. The van der Waals surface area contributed by atoms with Crippen LogP contribution in [-0.2, 0) is 21.2 Å². The van der Waals surface area contributed by atoms with Crippen LogP contribution < -0.4 is 5.32 Å². The van der Waals surface area contributed by atoms with Gasteiger partial charge in [0.2, 0.25) is 15.9 Å². The van der Waals surface area contributed by atoms with Crippen LogP contribution in [0.2, 0.25) is 0 Å². The zero-order valence-electron chi connectivity index (χ0n) is 17.4. The Kier molecular flexibility index (Phi) is 9.35. The fraction of sp³-hybridized carbons (Fsp3) is 0.435. The number of amides is 1. The van der Waals surface area contributed by atoms with E-state index in [-0.39, 0.29) is 10.8 Å². The molecule has 0 aliphatic heterocycles. The average Bonchev–Trinajstić information content (AvgIpc) is 2.73. The third-order valence-corrected chi connectivity index (χ3v) is 6.69. The van der Waals surface area contributed by atoms with Gasteiger partial charge in [0, 0.05) is 25.2 Å². The zero-order chi connectivity index (χ0) is 21.1. The lowest BCUT2D eigenvalue weighted by molar-refractivity contribution is -0.116. The lowest BCUT2D eigenvalue weighted by Crippen LogP contribution is -2.33. The molecule has 0 saturated carbocycles. The van der Waals surface area contributed by atoms with Crippen LogP contribution in [0.25, 0.3) is 0 Å². The maximum atomic E-state index is 13.0. The van der Waals surface area contributed by atoms with Crippen molar-refractivity contribution in [2.24, 2.45) is 0 Å². The highest BCUT2D eigenvalue weighted by atomic mass is 32.2. The van der Waals surface area contributed by atoms with Crippen molar-refractivity contribution in [3.63, 3.8) is 0 Å². The molecule has 0 saturated heterocycles. The van der Waals surface area contributed by atoms with Crippen LogP contribution in [0.5, 0.6) is 0 Å². The standard InChI is InChI=1S/C23H32N2O3S/c1-3-5-18-25(19-6-4-2)29(27,28)22-15-13-21(14-16-22)24-23(26)17-12-20-10-8-7-9-11-20/h7-11,13-16H,3-6,12,17-19H2,1-2H3,(H,24,26). The Bertz CT molecular complexity index is 841. The first-order chi connectivity index (χ1) is 14.0. The molecule has 0 fully saturated rings. The summed E-state index contributed by atoms with van der Waals surface area (Å²) >= 11 is 0. The Morgan fingerprint density at radius 3 is 2.03 bits per heavy atom. The van der Waals surface area contributed by atoms with Crippen molar-refractivity contribution in [2.75, 3.05) is 18.4 Å². The predicted octanol–water partition coefficient (Wildman–Crippen LogP) is 4.85. The summed E-state index contributed by atoms with van der Waals surface area (Å²) in [6, 6.07) is 16.3. The summed E-state index contributed by atoms with van der Waals surface area (Å²) in [6.45, 7) is 5.19. The van der Waals surface area contributed by atoms with Crippen LogP contribution in [0.4, 0.5) is 5.69 Å². The quantitative estimate of drug-likeness (QED) is 0.538. The van der Waals surface area contributed by atoms with E-state index in [1.54, 1.807) is 28.6 Å². The molecule has 2 rings (SSSR count). The van der Waals surface area contributed by atoms with Gasteiger partial charge in [0.05, 0.1) is 4.90 Å².